The van der Waals surface area contributed by atoms with Crippen LogP contribution in [0.4, 0.5) is 10.1 Å². The van der Waals surface area contributed by atoms with Gasteiger partial charge in [0.15, 0.2) is 0 Å². The van der Waals surface area contributed by atoms with E-state index in [-0.39, 0.29) is 28.6 Å². The molecule has 0 saturated heterocycles. The lowest BCUT2D eigenvalue weighted by Crippen LogP contribution is -2.41. The summed E-state index contributed by atoms with van der Waals surface area (Å²) in [6.45, 7) is 1.72. The van der Waals surface area contributed by atoms with Crippen molar-refractivity contribution in [3.63, 3.8) is 0 Å². The summed E-state index contributed by atoms with van der Waals surface area (Å²) in [5.74, 6) is -1.20. The van der Waals surface area contributed by atoms with Crippen LogP contribution in [0.1, 0.15) is 30.7 Å². The maximum Gasteiger partial charge on any atom is 0.281 e. The molecule has 3 rings (SSSR count). The van der Waals surface area contributed by atoms with Crippen molar-refractivity contribution in [1.29, 1.82) is 0 Å². The first-order valence-electron chi connectivity index (χ1n) is 8.53. The molecule has 0 unspecified atom stereocenters. The number of aryl methyl sites for hydroxylation is 1. The van der Waals surface area contributed by atoms with Crippen LogP contribution >= 0.6 is 11.3 Å². The second-order valence-corrected chi connectivity index (χ2v) is 7.06. The van der Waals surface area contributed by atoms with E-state index in [9.17, 15) is 24.1 Å². The third-order valence-corrected chi connectivity index (χ3v) is 4.96. The van der Waals surface area contributed by atoms with Gasteiger partial charge in [0, 0.05) is 17.7 Å². The number of carbonyl (C=O) groups excluding carboxylic acids is 2. The number of hydrogen-bond donors (Lipinski definition) is 2. The Kier molecular flexibility index (Phi) is 6.32. The molecule has 0 fully saturated rings. The van der Waals surface area contributed by atoms with E-state index in [1.807, 2.05) is 0 Å². The zero-order valence-electron chi connectivity index (χ0n) is 15.5. The lowest BCUT2D eigenvalue weighted by atomic mass is 10.2. The van der Waals surface area contributed by atoms with E-state index in [0.717, 1.165) is 17.4 Å². The van der Waals surface area contributed by atoms with Gasteiger partial charge >= 0.3 is 0 Å². The number of nitro benzene ring substituents is 1. The van der Waals surface area contributed by atoms with Gasteiger partial charge in [0.1, 0.15) is 28.1 Å². The Morgan fingerprint density at radius 1 is 1.17 bits per heavy atom. The third-order valence-electron chi connectivity index (χ3n) is 3.83. The topological polar surface area (TPSA) is 123 Å². The van der Waals surface area contributed by atoms with Crippen molar-refractivity contribution >= 4 is 28.8 Å². The maximum absolute atomic E-state index is 12.9. The number of nitro groups is 1. The highest BCUT2D eigenvalue weighted by Gasteiger charge is 2.17. The molecule has 0 bridgehead atoms. The van der Waals surface area contributed by atoms with Gasteiger partial charge in [0.25, 0.3) is 17.5 Å². The molecular weight excluding hydrogens is 415 g/mol. The van der Waals surface area contributed by atoms with Gasteiger partial charge < -0.3 is 4.74 Å². The number of halogens is 1. The highest BCUT2D eigenvalue weighted by atomic mass is 32.1. The number of carbonyl (C=O) groups is 2. The fraction of sp³-hybridized carbons (Fsp3) is 0.105. The molecule has 1 heterocycles. The zero-order chi connectivity index (χ0) is 21.7. The first kappa shape index (κ1) is 20.9. The molecule has 154 valence electrons. The Labute approximate surface area is 173 Å². The predicted molar refractivity (Wildman–Crippen MR) is 106 cm³/mol. The van der Waals surface area contributed by atoms with Gasteiger partial charge in [0.2, 0.25) is 0 Å². The largest absolute Gasteiger partial charge is 0.486 e. The molecule has 2 N–H and O–H groups in total. The number of aromatic nitrogens is 1. The van der Waals surface area contributed by atoms with Crippen LogP contribution in [-0.4, -0.2) is 21.7 Å². The van der Waals surface area contributed by atoms with Crippen molar-refractivity contribution in [1.82, 2.24) is 15.8 Å². The molecule has 0 aliphatic carbocycles. The van der Waals surface area contributed by atoms with E-state index >= 15 is 0 Å². The quantitative estimate of drug-likeness (QED) is 0.457. The molecule has 30 heavy (non-hydrogen) atoms. The van der Waals surface area contributed by atoms with E-state index < -0.39 is 16.7 Å². The summed E-state index contributed by atoms with van der Waals surface area (Å²) >= 11 is 1.08. The molecule has 0 aliphatic heterocycles. The number of hydrogen-bond acceptors (Lipinski definition) is 7. The summed E-state index contributed by atoms with van der Waals surface area (Å²) in [4.78, 5) is 39.2. The molecule has 0 atom stereocenters. The minimum Gasteiger partial charge on any atom is -0.486 e. The second kappa shape index (κ2) is 9.09. The van der Waals surface area contributed by atoms with Crippen LogP contribution in [0, 0.1) is 22.9 Å². The summed E-state index contributed by atoms with van der Waals surface area (Å²) in [6, 6.07) is 10.6. The monoisotopic (exact) mass is 430 g/mol. The number of benzene rings is 2. The number of hydrazine groups is 1. The second-order valence-electron chi connectivity index (χ2n) is 5.98. The molecule has 2 aromatic carbocycles. The number of ether oxygens (including phenoxy) is 1. The van der Waals surface area contributed by atoms with Crippen molar-refractivity contribution in [2.75, 3.05) is 0 Å². The predicted octanol–water partition coefficient (Wildman–Crippen LogP) is 3.15. The number of thiazole rings is 1. The van der Waals surface area contributed by atoms with Crippen molar-refractivity contribution < 1.29 is 23.6 Å². The van der Waals surface area contributed by atoms with Crippen LogP contribution in [0.5, 0.6) is 5.75 Å². The van der Waals surface area contributed by atoms with Crippen LogP contribution in [0.2, 0.25) is 0 Å². The Morgan fingerprint density at radius 3 is 2.57 bits per heavy atom. The molecule has 0 saturated carbocycles. The van der Waals surface area contributed by atoms with Gasteiger partial charge in [-0.25, -0.2) is 9.37 Å². The third kappa shape index (κ3) is 5.14. The number of non-ortho nitro benzene ring substituents is 1. The maximum atomic E-state index is 12.9. The Bertz CT molecular complexity index is 1100. The molecule has 2 amide bonds. The van der Waals surface area contributed by atoms with Gasteiger partial charge in [-0.05, 0) is 37.3 Å². The Balaban J connectivity index is 1.59. The van der Waals surface area contributed by atoms with Gasteiger partial charge in [-0.1, -0.05) is 6.07 Å². The van der Waals surface area contributed by atoms with E-state index in [1.165, 1.54) is 42.5 Å². The molecule has 0 radical (unpaired) electrons. The Morgan fingerprint density at radius 2 is 1.87 bits per heavy atom. The van der Waals surface area contributed by atoms with Crippen LogP contribution in [-0.2, 0) is 6.61 Å². The van der Waals surface area contributed by atoms with Gasteiger partial charge in [-0.15, -0.1) is 11.3 Å². The zero-order valence-corrected chi connectivity index (χ0v) is 16.4. The van der Waals surface area contributed by atoms with Gasteiger partial charge in [-0.3, -0.25) is 30.6 Å². The van der Waals surface area contributed by atoms with Gasteiger partial charge in [0.05, 0.1) is 10.6 Å². The summed E-state index contributed by atoms with van der Waals surface area (Å²) < 4.78 is 18.4. The summed E-state index contributed by atoms with van der Waals surface area (Å²) in [6.07, 6.45) is 0. The van der Waals surface area contributed by atoms with Crippen LogP contribution in [0.15, 0.2) is 48.5 Å². The van der Waals surface area contributed by atoms with Crippen LogP contribution in [0.3, 0.4) is 0 Å². The standard InChI is InChI=1S/C19H15FN4O5S/c1-11-17(30-16(21-11)10-29-15-7-5-13(20)6-8-15)19(26)23-22-18(25)12-3-2-4-14(9-12)24(27)28/h2-9H,10H2,1H3,(H,22,25)(H,23,26). The van der Waals surface area contributed by atoms with E-state index in [0.29, 0.717) is 16.5 Å². The SMILES string of the molecule is Cc1nc(COc2ccc(F)cc2)sc1C(=O)NNC(=O)c1cccc([N+](=O)[O-])c1. The first-order valence-corrected chi connectivity index (χ1v) is 9.35. The minimum absolute atomic E-state index is 0.0268. The Hall–Kier alpha value is -3.86. The number of nitrogens with one attached hydrogen (secondary N) is 2. The fourth-order valence-electron chi connectivity index (χ4n) is 2.40. The van der Waals surface area contributed by atoms with Crippen molar-refractivity contribution in [2.45, 2.75) is 13.5 Å². The highest BCUT2D eigenvalue weighted by Crippen LogP contribution is 2.20. The van der Waals surface area contributed by atoms with Crippen molar-refractivity contribution in [3.05, 3.63) is 85.6 Å². The number of nitrogens with zero attached hydrogens (tertiary/aromatic N) is 2. The van der Waals surface area contributed by atoms with Crippen molar-refractivity contribution in [2.24, 2.45) is 0 Å². The molecule has 0 aliphatic rings. The van der Waals surface area contributed by atoms with E-state index in [2.05, 4.69) is 15.8 Å². The molecule has 0 spiro atoms. The average Bonchev–Trinajstić information content (AvgIpc) is 3.12. The smallest absolute Gasteiger partial charge is 0.281 e. The van der Waals surface area contributed by atoms with Crippen molar-refractivity contribution in [3.8, 4) is 5.75 Å². The van der Waals surface area contributed by atoms with E-state index in [1.54, 1.807) is 6.92 Å². The average molecular weight is 430 g/mol. The summed E-state index contributed by atoms with van der Waals surface area (Å²) in [7, 11) is 0. The molecular formula is C19H15FN4O5S. The van der Waals surface area contributed by atoms with Crippen LogP contribution in [0.25, 0.3) is 0 Å². The van der Waals surface area contributed by atoms with Gasteiger partial charge in [-0.2, -0.15) is 0 Å². The van der Waals surface area contributed by atoms with Crippen LogP contribution < -0.4 is 15.6 Å². The number of amides is 2. The molecule has 1 aromatic heterocycles. The number of rotatable bonds is 6. The lowest BCUT2D eigenvalue weighted by Gasteiger charge is -2.06. The highest BCUT2D eigenvalue weighted by molar-refractivity contribution is 7.13. The summed E-state index contributed by atoms with van der Waals surface area (Å²) in [5.41, 5.74) is 4.71. The van der Waals surface area contributed by atoms with E-state index in [4.69, 9.17) is 4.74 Å². The molecule has 9 nitrogen and oxygen atoms in total. The lowest BCUT2D eigenvalue weighted by molar-refractivity contribution is -0.384. The molecule has 3 aromatic rings. The molecule has 11 heteroatoms. The first-order chi connectivity index (χ1) is 14.3. The summed E-state index contributed by atoms with van der Waals surface area (Å²) in [5, 5.41) is 11.3. The normalized spacial score (nSPS) is 10.3. The minimum atomic E-state index is -0.700. The fourth-order valence-corrected chi connectivity index (χ4v) is 3.28.